The molecular formula is C21H36Y2-2. The molecular weight excluding hydrogens is 430 g/mol. The van der Waals surface area contributed by atoms with E-state index in [2.05, 4.69) is 76.2 Å². The molecule has 0 saturated heterocycles. The summed E-state index contributed by atoms with van der Waals surface area (Å²) >= 11 is 0. The van der Waals surface area contributed by atoms with Crippen LogP contribution in [0.3, 0.4) is 0 Å². The molecule has 0 unspecified atom stereocenters. The second-order valence-corrected chi connectivity index (χ2v) is 4.50. The molecule has 2 radical (unpaired) electrons. The van der Waals surface area contributed by atoms with Gasteiger partial charge in [-0.25, -0.2) is 0 Å². The molecule has 0 atom stereocenters. The van der Waals surface area contributed by atoms with Crippen LogP contribution in [0.15, 0.2) is 48.5 Å². The quantitative estimate of drug-likeness (QED) is 0.396. The maximum absolute atomic E-state index is 2.18. The van der Waals surface area contributed by atoms with Crippen LogP contribution in [0.25, 0.3) is 0 Å². The van der Waals surface area contributed by atoms with Gasteiger partial charge in [0.15, 0.2) is 0 Å². The van der Waals surface area contributed by atoms with E-state index in [1.54, 1.807) is 0 Å². The average molecular weight is 466 g/mol. The van der Waals surface area contributed by atoms with E-state index in [9.17, 15) is 0 Å². The predicted molar refractivity (Wildman–Crippen MR) is 103 cm³/mol. The van der Waals surface area contributed by atoms with Gasteiger partial charge in [0.05, 0.1) is 0 Å². The van der Waals surface area contributed by atoms with Gasteiger partial charge in [0.1, 0.15) is 0 Å². The van der Waals surface area contributed by atoms with Crippen LogP contribution in [-0.4, -0.2) is 0 Å². The van der Waals surface area contributed by atoms with Crippen molar-refractivity contribution in [3.63, 3.8) is 0 Å². The minimum absolute atomic E-state index is 0. The standard InChI is InChI=1S/C9H12.C8H10.2CH4.2CH3.2Y/c1-3-9-6-4-8(2)5-7-9;1-7-4-3-5-8(2)6-7;;;;;;/h4-7H,3H2,1-2H3;3-6H,1-2H3;2*1H4;2*1H3;;/q;;;;2*-1;;. The third-order valence-electron chi connectivity index (χ3n) is 2.70. The van der Waals surface area contributed by atoms with Gasteiger partial charge >= 0.3 is 0 Å². The molecule has 0 fully saturated rings. The molecule has 23 heavy (non-hydrogen) atoms. The minimum Gasteiger partial charge on any atom is -0.358 e. The zero-order chi connectivity index (χ0) is 12.7. The van der Waals surface area contributed by atoms with Gasteiger partial charge in [0.25, 0.3) is 0 Å². The Morgan fingerprint density at radius 1 is 0.652 bits per heavy atom. The first-order valence-corrected chi connectivity index (χ1v) is 6.20. The Morgan fingerprint density at radius 3 is 1.30 bits per heavy atom. The predicted octanol–water partition coefficient (Wildman–Crippen LogP) is 7.03. The average Bonchev–Trinajstić information content (AvgIpc) is 2.30. The second kappa shape index (κ2) is 22.6. The van der Waals surface area contributed by atoms with E-state index in [0.717, 1.165) is 6.42 Å². The number of hydrogen-bond donors (Lipinski definition) is 0. The first-order chi connectivity index (χ1) is 8.11. The van der Waals surface area contributed by atoms with Crippen molar-refractivity contribution < 1.29 is 65.4 Å². The van der Waals surface area contributed by atoms with Gasteiger partial charge in [0, 0.05) is 65.4 Å². The molecule has 128 valence electrons. The fraction of sp³-hybridized carbons (Fsp3) is 0.333. The Kier molecular flexibility index (Phi) is 38.3. The van der Waals surface area contributed by atoms with E-state index in [1.165, 1.54) is 22.3 Å². The van der Waals surface area contributed by atoms with Crippen molar-refractivity contribution in [1.82, 2.24) is 0 Å². The molecule has 2 heteroatoms. The molecule has 2 aromatic rings. The van der Waals surface area contributed by atoms with Crippen molar-refractivity contribution in [2.75, 3.05) is 0 Å². The monoisotopic (exact) mass is 466 g/mol. The van der Waals surface area contributed by atoms with Gasteiger partial charge in [0.2, 0.25) is 0 Å². The van der Waals surface area contributed by atoms with Gasteiger partial charge in [-0.15, -0.1) is 0 Å². The zero-order valence-corrected chi connectivity index (χ0v) is 20.2. The van der Waals surface area contributed by atoms with Crippen LogP contribution in [0.2, 0.25) is 0 Å². The third kappa shape index (κ3) is 18.8. The number of aryl methyl sites for hydroxylation is 4. The second-order valence-electron chi connectivity index (χ2n) is 4.50. The number of rotatable bonds is 1. The molecule has 2 rings (SSSR count). The van der Waals surface area contributed by atoms with E-state index in [-0.39, 0.29) is 95.1 Å². The summed E-state index contributed by atoms with van der Waals surface area (Å²) in [4.78, 5) is 0. The summed E-state index contributed by atoms with van der Waals surface area (Å²) in [6.07, 6.45) is 1.14. The summed E-state index contributed by atoms with van der Waals surface area (Å²) in [7, 11) is 0. The maximum Gasteiger partial charge on any atom is 0 e. The van der Waals surface area contributed by atoms with E-state index in [4.69, 9.17) is 0 Å². The van der Waals surface area contributed by atoms with Gasteiger partial charge in [-0.05, 0) is 32.8 Å². The van der Waals surface area contributed by atoms with Crippen molar-refractivity contribution in [3.05, 3.63) is 85.6 Å². The minimum atomic E-state index is 0. The van der Waals surface area contributed by atoms with E-state index < -0.39 is 0 Å². The molecule has 0 aliphatic heterocycles. The maximum atomic E-state index is 2.18. The first kappa shape index (κ1) is 38.9. The molecule has 0 aromatic heterocycles. The Labute approximate surface area is 198 Å². The normalized spacial score (nSPS) is 6.96. The van der Waals surface area contributed by atoms with E-state index >= 15 is 0 Å². The summed E-state index contributed by atoms with van der Waals surface area (Å²) in [6.45, 7) is 8.49. The zero-order valence-electron chi connectivity index (χ0n) is 14.5. The van der Waals surface area contributed by atoms with Crippen molar-refractivity contribution in [3.8, 4) is 0 Å². The smallest absolute Gasteiger partial charge is 0 e. The fourth-order valence-corrected chi connectivity index (χ4v) is 1.63. The molecule has 0 N–H and O–H groups in total. The van der Waals surface area contributed by atoms with Gasteiger partial charge in [-0.2, -0.15) is 0 Å². The summed E-state index contributed by atoms with van der Waals surface area (Å²) in [5.41, 5.74) is 5.43. The van der Waals surface area contributed by atoms with Crippen LogP contribution in [0.4, 0.5) is 0 Å². The topological polar surface area (TPSA) is 0 Å². The van der Waals surface area contributed by atoms with Gasteiger partial charge in [-0.3, -0.25) is 0 Å². The van der Waals surface area contributed by atoms with Crippen molar-refractivity contribution in [2.45, 2.75) is 49.0 Å². The molecule has 0 nitrogen and oxygen atoms in total. The molecule has 0 spiro atoms. The SMILES string of the molecule is C.C.CCc1ccc(C)cc1.Cc1cccc(C)c1.[CH3-].[CH3-].[Y].[Y]. The molecule has 0 amide bonds. The Bertz CT molecular complexity index is 430. The molecule has 0 bridgehead atoms. The van der Waals surface area contributed by atoms with Crippen LogP contribution in [0.5, 0.6) is 0 Å². The number of benzene rings is 2. The summed E-state index contributed by atoms with van der Waals surface area (Å²) < 4.78 is 0. The molecule has 0 aliphatic carbocycles. The van der Waals surface area contributed by atoms with Gasteiger partial charge < -0.3 is 14.9 Å². The largest absolute Gasteiger partial charge is 0.358 e. The molecule has 0 saturated carbocycles. The van der Waals surface area contributed by atoms with Crippen molar-refractivity contribution in [2.24, 2.45) is 0 Å². The fourth-order valence-electron chi connectivity index (χ4n) is 1.63. The number of hydrogen-bond acceptors (Lipinski definition) is 0. The van der Waals surface area contributed by atoms with Crippen molar-refractivity contribution >= 4 is 0 Å². The van der Waals surface area contributed by atoms with Crippen LogP contribution in [0, 0.1) is 35.6 Å². The van der Waals surface area contributed by atoms with E-state index in [0.29, 0.717) is 0 Å². The van der Waals surface area contributed by atoms with E-state index in [1.807, 2.05) is 0 Å². The molecule has 0 heterocycles. The van der Waals surface area contributed by atoms with Crippen LogP contribution in [0.1, 0.15) is 44.0 Å². The Hall–Kier alpha value is 0.648. The summed E-state index contributed by atoms with van der Waals surface area (Å²) in [5.74, 6) is 0. The van der Waals surface area contributed by atoms with Crippen LogP contribution >= 0.6 is 0 Å². The van der Waals surface area contributed by atoms with Crippen molar-refractivity contribution in [1.29, 1.82) is 0 Å². The Balaban J connectivity index is -0.0000000500. The molecule has 2 aromatic carbocycles. The first-order valence-electron chi connectivity index (χ1n) is 6.20. The molecule has 0 aliphatic rings. The van der Waals surface area contributed by atoms with Gasteiger partial charge in [-0.1, -0.05) is 87.0 Å². The summed E-state index contributed by atoms with van der Waals surface area (Å²) in [5, 5.41) is 0. The van der Waals surface area contributed by atoms with Crippen LogP contribution in [-0.2, 0) is 71.8 Å². The third-order valence-corrected chi connectivity index (χ3v) is 2.70. The Morgan fingerprint density at radius 2 is 1.04 bits per heavy atom. The van der Waals surface area contributed by atoms with Crippen LogP contribution < -0.4 is 0 Å². The summed E-state index contributed by atoms with van der Waals surface area (Å²) in [6, 6.07) is 17.1.